The Balaban J connectivity index is 1.76. The number of thiophene rings is 1. The van der Waals surface area contributed by atoms with Gasteiger partial charge in [0.1, 0.15) is 11.2 Å². The monoisotopic (exact) mass is 447 g/mol. The molecule has 0 radical (unpaired) electrons. The maximum absolute atomic E-state index is 13.4. The number of carbonyl (C=O) groups excluding carboxylic acids is 1. The highest BCUT2D eigenvalue weighted by atomic mass is 35.5. The zero-order chi connectivity index (χ0) is 21.4. The molecule has 1 amide bonds. The van der Waals surface area contributed by atoms with E-state index in [1.165, 1.54) is 18.2 Å². The van der Waals surface area contributed by atoms with Crippen LogP contribution in [0, 0.1) is 11.6 Å². The largest absolute Gasteiger partial charge is 0.336 e. The van der Waals surface area contributed by atoms with E-state index in [0.717, 1.165) is 32.6 Å². The van der Waals surface area contributed by atoms with Gasteiger partial charge in [0.15, 0.2) is 11.6 Å². The number of fused-ring (bicyclic) bond motifs is 1. The highest BCUT2D eigenvalue weighted by Gasteiger charge is 2.18. The lowest BCUT2D eigenvalue weighted by molar-refractivity contribution is -0.116. The van der Waals surface area contributed by atoms with Crippen molar-refractivity contribution < 1.29 is 13.6 Å². The second-order valence-electron chi connectivity index (χ2n) is 6.30. The van der Waals surface area contributed by atoms with Crippen molar-refractivity contribution in [2.75, 3.05) is 5.32 Å². The predicted octanol–water partition coefficient (Wildman–Crippen LogP) is 3.78. The maximum Gasteiger partial charge on any atom is 0.336 e. The number of nitrogens with zero attached hydrogens (tertiary/aromatic N) is 2. The Morgan fingerprint density at radius 1 is 1.03 bits per heavy atom. The number of halogens is 3. The van der Waals surface area contributed by atoms with Crippen molar-refractivity contribution in [3.8, 4) is 5.69 Å². The van der Waals surface area contributed by atoms with Gasteiger partial charge in [-0.05, 0) is 47.8 Å². The van der Waals surface area contributed by atoms with Crippen LogP contribution in [0.15, 0.2) is 63.5 Å². The topological polar surface area (TPSA) is 73.1 Å². The van der Waals surface area contributed by atoms with Gasteiger partial charge in [-0.1, -0.05) is 11.6 Å². The molecule has 0 aliphatic carbocycles. The molecule has 4 aromatic rings. The molecule has 1 N–H and O–H groups in total. The molecule has 4 rings (SSSR count). The summed E-state index contributed by atoms with van der Waals surface area (Å²) in [6, 6.07) is 10.6. The lowest BCUT2D eigenvalue weighted by Gasteiger charge is -2.12. The SMILES string of the molecule is O=C(Cn1c(=O)n(-c2ccc(Cl)cc2)c(=O)c2sccc21)Nc1ccc(F)c(F)c1. The number of nitrogens with one attached hydrogen (secondary N) is 1. The van der Waals surface area contributed by atoms with Gasteiger partial charge in [0, 0.05) is 16.8 Å². The van der Waals surface area contributed by atoms with Crippen LogP contribution in [0.3, 0.4) is 0 Å². The fourth-order valence-electron chi connectivity index (χ4n) is 2.98. The molecule has 6 nitrogen and oxygen atoms in total. The molecule has 0 unspecified atom stereocenters. The quantitative estimate of drug-likeness (QED) is 0.517. The molecular formula is C20H12ClF2N3O3S. The molecular weight excluding hydrogens is 436 g/mol. The molecule has 10 heteroatoms. The molecule has 0 saturated heterocycles. The second kappa shape index (κ2) is 7.85. The van der Waals surface area contributed by atoms with Crippen LogP contribution in [0.25, 0.3) is 15.9 Å². The first-order valence-corrected chi connectivity index (χ1v) is 9.85. The Bertz CT molecular complexity index is 1390. The summed E-state index contributed by atoms with van der Waals surface area (Å²) in [6.07, 6.45) is 0. The third kappa shape index (κ3) is 3.64. The van der Waals surface area contributed by atoms with Gasteiger partial charge in [-0.2, -0.15) is 0 Å². The van der Waals surface area contributed by atoms with Gasteiger partial charge in [-0.3, -0.25) is 14.2 Å². The van der Waals surface area contributed by atoms with Gasteiger partial charge >= 0.3 is 5.69 Å². The lowest BCUT2D eigenvalue weighted by atomic mass is 10.3. The predicted molar refractivity (Wildman–Crippen MR) is 112 cm³/mol. The molecule has 0 aliphatic heterocycles. The summed E-state index contributed by atoms with van der Waals surface area (Å²) < 4.78 is 28.8. The van der Waals surface area contributed by atoms with E-state index in [4.69, 9.17) is 11.6 Å². The number of hydrogen-bond donors (Lipinski definition) is 1. The molecule has 30 heavy (non-hydrogen) atoms. The van der Waals surface area contributed by atoms with Crippen LogP contribution in [0.5, 0.6) is 0 Å². The Morgan fingerprint density at radius 3 is 2.47 bits per heavy atom. The lowest BCUT2D eigenvalue weighted by Crippen LogP contribution is -2.40. The van der Waals surface area contributed by atoms with E-state index in [9.17, 15) is 23.2 Å². The molecule has 2 heterocycles. The fraction of sp³-hybridized carbons (Fsp3) is 0.0500. The zero-order valence-electron chi connectivity index (χ0n) is 15.1. The molecule has 0 bridgehead atoms. The summed E-state index contributed by atoms with van der Waals surface area (Å²) in [4.78, 5) is 38.4. The molecule has 0 aliphatic rings. The first-order valence-electron chi connectivity index (χ1n) is 8.59. The molecule has 0 saturated carbocycles. The Labute approximate surface area is 176 Å². The van der Waals surface area contributed by atoms with Gasteiger partial charge in [0.05, 0.1) is 11.2 Å². The van der Waals surface area contributed by atoms with Crippen molar-refractivity contribution in [1.82, 2.24) is 9.13 Å². The van der Waals surface area contributed by atoms with Crippen molar-refractivity contribution in [1.29, 1.82) is 0 Å². The number of carbonyl (C=O) groups is 1. The maximum atomic E-state index is 13.4. The minimum atomic E-state index is -1.11. The number of benzene rings is 2. The average Bonchev–Trinajstić information content (AvgIpc) is 3.20. The number of aromatic nitrogens is 2. The fourth-order valence-corrected chi connectivity index (χ4v) is 3.93. The third-order valence-corrected chi connectivity index (χ3v) is 5.49. The Hall–Kier alpha value is -3.30. The van der Waals surface area contributed by atoms with Crippen LogP contribution in [0.1, 0.15) is 0 Å². The molecule has 0 fully saturated rings. The first kappa shape index (κ1) is 20.0. The highest BCUT2D eigenvalue weighted by molar-refractivity contribution is 7.17. The third-order valence-electron chi connectivity index (χ3n) is 4.34. The normalized spacial score (nSPS) is 11.0. The molecule has 152 valence electrons. The van der Waals surface area contributed by atoms with Crippen molar-refractivity contribution >= 4 is 44.7 Å². The molecule has 0 atom stereocenters. The van der Waals surface area contributed by atoms with E-state index in [1.54, 1.807) is 23.6 Å². The first-order chi connectivity index (χ1) is 14.3. The van der Waals surface area contributed by atoms with Crippen LogP contribution < -0.4 is 16.6 Å². The molecule has 2 aromatic carbocycles. The number of hydrogen-bond acceptors (Lipinski definition) is 4. The molecule has 2 aromatic heterocycles. The number of anilines is 1. The summed E-state index contributed by atoms with van der Waals surface area (Å²) in [6.45, 7) is -0.432. The van der Waals surface area contributed by atoms with Crippen molar-refractivity contribution in [3.63, 3.8) is 0 Å². The summed E-state index contributed by atoms with van der Waals surface area (Å²) in [7, 11) is 0. The number of rotatable bonds is 4. The van der Waals surface area contributed by atoms with E-state index in [0.29, 0.717) is 20.9 Å². The second-order valence-corrected chi connectivity index (χ2v) is 7.65. The van der Waals surface area contributed by atoms with Gasteiger partial charge < -0.3 is 5.32 Å². The summed E-state index contributed by atoms with van der Waals surface area (Å²) in [5.74, 6) is -2.79. The average molecular weight is 448 g/mol. The van der Waals surface area contributed by atoms with Gasteiger partial charge in [0.2, 0.25) is 5.91 Å². The highest BCUT2D eigenvalue weighted by Crippen LogP contribution is 2.18. The minimum Gasteiger partial charge on any atom is -0.324 e. The molecule has 0 spiro atoms. The van der Waals surface area contributed by atoms with Crippen LogP contribution in [0.4, 0.5) is 14.5 Å². The van der Waals surface area contributed by atoms with Crippen molar-refractivity contribution in [3.05, 3.63) is 91.4 Å². The van der Waals surface area contributed by atoms with Crippen LogP contribution in [0.2, 0.25) is 5.02 Å². The summed E-state index contributed by atoms with van der Waals surface area (Å²) >= 11 is 7.02. The van der Waals surface area contributed by atoms with Gasteiger partial charge in [-0.25, -0.2) is 18.1 Å². The van der Waals surface area contributed by atoms with Crippen LogP contribution in [-0.2, 0) is 11.3 Å². The van der Waals surface area contributed by atoms with Gasteiger partial charge in [0.25, 0.3) is 5.56 Å². The summed E-state index contributed by atoms with van der Waals surface area (Å²) in [5, 5.41) is 4.50. The van der Waals surface area contributed by atoms with E-state index in [2.05, 4.69) is 5.32 Å². The van der Waals surface area contributed by atoms with E-state index in [1.807, 2.05) is 0 Å². The Morgan fingerprint density at radius 2 is 1.77 bits per heavy atom. The smallest absolute Gasteiger partial charge is 0.324 e. The van der Waals surface area contributed by atoms with Crippen molar-refractivity contribution in [2.24, 2.45) is 0 Å². The standard InChI is InChI=1S/C20H12ClF2N3O3S/c21-11-1-4-13(5-2-11)26-19(28)18-16(7-8-30-18)25(20(26)29)10-17(27)24-12-3-6-14(22)15(23)9-12/h1-9H,10H2,(H,24,27). The summed E-state index contributed by atoms with van der Waals surface area (Å²) in [5.41, 5.74) is -0.571. The minimum absolute atomic E-state index is 0.0412. The number of amides is 1. The van der Waals surface area contributed by atoms with E-state index >= 15 is 0 Å². The zero-order valence-corrected chi connectivity index (χ0v) is 16.6. The van der Waals surface area contributed by atoms with E-state index in [-0.39, 0.29) is 5.69 Å². The van der Waals surface area contributed by atoms with Crippen molar-refractivity contribution in [2.45, 2.75) is 6.54 Å². The van der Waals surface area contributed by atoms with E-state index < -0.39 is 35.3 Å². The van der Waals surface area contributed by atoms with Gasteiger partial charge in [-0.15, -0.1) is 11.3 Å². The van der Waals surface area contributed by atoms with Crippen LogP contribution >= 0.6 is 22.9 Å². The Kier molecular flexibility index (Phi) is 5.23. The van der Waals surface area contributed by atoms with Crippen LogP contribution in [-0.4, -0.2) is 15.0 Å².